The van der Waals surface area contributed by atoms with Gasteiger partial charge in [-0.05, 0) is 85.0 Å². The van der Waals surface area contributed by atoms with Crippen molar-refractivity contribution >= 4 is 5.69 Å². The Hall–Kier alpha value is -1.10. The van der Waals surface area contributed by atoms with Crippen LogP contribution in [0.15, 0.2) is 18.2 Å². The first-order valence-corrected chi connectivity index (χ1v) is 12.4. The molecular weight excluding hydrogens is 374 g/mol. The third kappa shape index (κ3) is 2.97. The van der Waals surface area contributed by atoms with Gasteiger partial charge in [0.15, 0.2) is 0 Å². The minimum absolute atomic E-state index is 0.143. The van der Waals surface area contributed by atoms with Gasteiger partial charge < -0.3 is 19.5 Å². The van der Waals surface area contributed by atoms with Crippen LogP contribution in [0.2, 0.25) is 0 Å². The van der Waals surface area contributed by atoms with Crippen molar-refractivity contribution < 1.29 is 14.6 Å². The maximum absolute atomic E-state index is 9.22. The minimum atomic E-state index is 0.143. The van der Waals surface area contributed by atoms with E-state index in [1.165, 1.54) is 57.3 Å². The SMILES string of the molecule is CC12CCC3c4ccc(N5CC6COCC6C5)cc4CCC3C1CCC2OCCO. The molecule has 6 rings (SSSR count). The fourth-order valence-corrected chi connectivity index (χ4v) is 8.08. The zero-order chi connectivity index (χ0) is 20.3. The van der Waals surface area contributed by atoms with Crippen molar-refractivity contribution in [3.05, 3.63) is 29.3 Å². The van der Waals surface area contributed by atoms with Crippen LogP contribution in [-0.4, -0.2) is 50.7 Å². The van der Waals surface area contributed by atoms with Crippen molar-refractivity contribution in [3.8, 4) is 0 Å². The predicted octanol–water partition coefficient (Wildman–Crippen LogP) is 4.00. The van der Waals surface area contributed by atoms with E-state index in [9.17, 15) is 5.11 Å². The summed E-state index contributed by atoms with van der Waals surface area (Å²) in [5, 5.41) is 9.22. The average Bonchev–Trinajstić information content (AvgIpc) is 3.44. The lowest BCUT2D eigenvalue weighted by Gasteiger charge is -2.50. The van der Waals surface area contributed by atoms with Gasteiger partial charge in [-0.25, -0.2) is 0 Å². The molecule has 1 N–H and O–H groups in total. The normalized spacial score (nSPS) is 42.0. The number of anilines is 1. The summed E-state index contributed by atoms with van der Waals surface area (Å²) < 4.78 is 11.8. The molecule has 2 saturated heterocycles. The molecule has 3 aliphatic carbocycles. The summed E-state index contributed by atoms with van der Waals surface area (Å²) in [6.45, 7) is 7.38. The second kappa shape index (κ2) is 7.50. The van der Waals surface area contributed by atoms with E-state index in [4.69, 9.17) is 9.47 Å². The topological polar surface area (TPSA) is 41.9 Å². The highest BCUT2D eigenvalue weighted by atomic mass is 16.5. The zero-order valence-electron chi connectivity index (χ0n) is 18.4. The van der Waals surface area contributed by atoms with Gasteiger partial charge in [-0.1, -0.05) is 13.0 Å². The molecule has 1 aromatic carbocycles. The summed E-state index contributed by atoms with van der Waals surface area (Å²) in [6.07, 6.45) is 7.98. The number of hydrogen-bond acceptors (Lipinski definition) is 4. The summed E-state index contributed by atoms with van der Waals surface area (Å²) >= 11 is 0. The van der Waals surface area contributed by atoms with Crippen LogP contribution in [0.3, 0.4) is 0 Å². The summed E-state index contributed by atoms with van der Waals surface area (Å²) in [4.78, 5) is 2.61. The Labute approximate surface area is 180 Å². The van der Waals surface area contributed by atoms with E-state index < -0.39 is 0 Å². The van der Waals surface area contributed by atoms with Crippen molar-refractivity contribution in [1.29, 1.82) is 0 Å². The Kier molecular flexibility index (Phi) is 4.89. The molecular formula is C26H37NO3. The first-order valence-electron chi connectivity index (χ1n) is 12.4. The number of ether oxygens (including phenoxy) is 2. The molecule has 4 heteroatoms. The second-order valence-electron chi connectivity index (χ2n) is 11.0. The Morgan fingerprint density at radius 2 is 1.97 bits per heavy atom. The average molecular weight is 412 g/mol. The number of aryl methyl sites for hydroxylation is 1. The lowest BCUT2D eigenvalue weighted by Crippen LogP contribution is -2.44. The minimum Gasteiger partial charge on any atom is -0.394 e. The van der Waals surface area contributed by atoms with Crippen LogP contribution in [0.25, 0.3) is 0 Å². The molecule has 7 atom stereocenters. The summed E-state index contributed by atoms with van der Waals surface area (Å²) in [5.74, 6) is 3.82. The quantitative estimate of drug-likeness (QED) is 0.813. The molecule has 2 aliphatic heterocycles. The molecule has 0 spiro atoms. The van der Waals surface area contributed by atoms with Crippen molar-refractivity contribution in [1.82, 2.24) is 0 Å². The lowest BCUT2D eigenvalue weighted by molar-refractivity contribution is -0.0710. The summed E-state index contributed by atoms with van der Waals surface area (Å²) in [6, 6.07) is 7.44. The molecule has 164 valence electrons. The molecule has 2 saturated carbocycles. The summed E-state index contributed by atoms with van der Waals surface area (Å²) in [7, 11) is 0. The van der Waals surface area contributed by atoms with Gasteiger partial charge in [0.2, 0.25) is 0 Å². The van der Waals surface area contributed by atoms with E-state index in [2.05, 4.69) is 30.0 Å². The Morgan fingerprint density at radius 1 is 1.13 bits per heavy atom. The van der Waals surface area contributed by atoms with Crippen molar-refractivity contribution in [2.24, 2.45) is 29.1 Å². The molecule has 4 fully saturated rings. The van der Waals surface area contributed by atoms with Crippen molar-refractivity contribution in [2.45, 2.75) is 57.5 Å². The number of aliphatic hydroxyl groups is 1. The second-order valence-corrected chi connectivity index (χ2v) is 11.0. The number of rotatable bonds is 4. The first kappa shape index (κ1) is 19.6. The van der Waals surface area contributed by atoms with Gasteiger partial charge in [0.05, 0.1) is 32.5 Å². The van der Waals surface area contributed by atoms with Crippen LogP contribution in [0.5, 0.6) is 0 Å². The smallest absolute Gasteiger partial charge is 0.0701 e. The molecule has 0 amide bonds. The van der Waals surface area contributed by atoms with Crippen LogP contribution in [0.1, 0.15) is 56.1 Å². The van der Waals surface area contributed by atoms with Gasteiger partial charge in [0.1, 0.15) is 0 Å². The third-order valence-electron chi connectivity index (χ3n) is 9.64. The number of hydrogen-bond donors (Lipinski definition) is 1. The van der Waals surface area contributed by atoms with Gasteiger partial charge >= 0.3 is 0 Å². The van der Waals surface area contributed by atoms with Crippen LogP contribution in [0, 0.1) is 29.1 Å². The van der Waals surface area contributed by atoms with Gasteiger partial charge in [0, 0.05) is 30.6 Å². The Balaban J connectivity index is 1.21. The van der Waals surface area contributed by atoms with E-state index in [-0.39, 0.29) is 6.61 Å². The number of aliphatic hydroxyl groups excluding tert-OH is 1. The maximum atomic E-state index is 9.22. The van der Waals surface area contributed by atoms with Gasteiger partial charge in [-0.15, -0.1) is 0 Å². The van der Waals surface area contributed by atoms with E-state index in [1.54, 1.807) is 11.1 Å². The molecule has 0 bridgehead atoms. The van der Waals surface area contributed by atoms with Crippen LogP contribution < -0.4 is 4.90 Å². The predicted molar refractivity (Wildman–Crippen MR) is 118 cm³/mol. The van der Waals surface area contributed by atoms with Crippen molar-refractivity contribution in [3.63, 3.8) is 0 Å². The number of benzene rings is 1. The maximum Gasteiger partial charge on any atom is 0.0701 e. The van der Waals surface area contributed by atoms with E-state index in [0.717, 1.165) is 42.8 Å². The van der Waals surface area contributed by atoms with Gasteiger partial charge in [-0.3, -0.25) is 0 Å². The molecule has 0 radical (unpaired) electrons. The Bertz CT molecular complexity index is 784. The number of nitrogens with zero attached hydrogens (tertiary/aromatic N) is 1. The monoisotopic (exact) mass is 411 g/mol. The van der Waals surface area contributed by atoms with Gasteiger partial charge in [-0.2, -0.15) is 0 Å². The molecule has 1 aromatic rings. The lowest BCUT2D eigenvalue weighted by atomic mass is 9.55. The third-order valence-corrected chi connectivity index (χ3v) is 9.64. The highest BCUT2D eigenvalue weighted by molar-refractivity contribution is 5.54. The molecule has 5 aliphatic rings. The highest BCUT2D eigenvalue weighted by Crippen LogP contribution is 2.61. The van der Waals surface area contributed by atoms with Crippen LogP contribution in [-0.2, 0) is 15.9 Å². The highest BCUT2D eigenvalue weighted by Gasteiger charge is 2.55. The largest absolute Gasteiger partial charge is 0.394 e. The Morgan fingerprint density at radius 3 is 2.77 bits per heavy atom. The van der Waals surface area contributed by atoms with E-state index >= 15 is 0 Å². The van der Waals surface area contributed by atoms with Crippen LogP contribution in [0.4, 0.5) is 5.69 Å². The van der Waals surface area contributed by atoms with E-state index in [1.807, 2.05) is 0 Å². The fourth-order valence-electron chi connectivity index (χ4n) is 8.08. The summed E-state index contributed by atoms with van der Waals surface area (Å²) in [5.41, 5.74) is 5.03. The number of fused-ring (bicyclic) bond motifs is 6. The van der Waals surface area contributed by atoms with Crippen molar-refractivity contribution in [2.75, 3.05) is 44.4 Å². The van der Waals surface area contributed by atoms with Crippen LogP contribution >= 0.6 is 0 Å². The standard InChI is InChI=1S/C26H37NO3/c1-26-9-8-22-21-5-3-20(27-13-18-15-29-16-19(18)14-27)12-17(21)2-4-23(22)24(26)6-7-25(26)30-11-10-28/h3,5,12,18-19,22-25,28H,2,4,6-11,13-16H2,1H3. The van der Waals surface area contributed by atoms with Gasteiger partial charge in [0.25, 0.3) is 0 Å². The fraction of sp³-hybridized carbons (Fsp3) is 0.769. The molecule has 0 aromatic heterocycles. The zero-order valence-corrected chi connectivity index (χ0v) is 18.4. The molecule has 4 nitrogen and oxygen atoms in total. The molecule has 2 heterocycles. The first-order chi connectivity index (χ1) is 14.7. The molecule has 7 unspecified atom stereocenters. The molecule has 30 heavy (non-hydrogen) atoms. The van der Waals surface area contributed by atoms with E-state index in [0.29, 0.717) is 18.1 Å².